The number of unbranched alkanes of at least 4 members (excludes halogenated alkanes) is 12. The molecule has 212 valence electrons. The van der Waals surface area contributed by atoms with E-state index in [2.05, 4.69) is 41.5 Å². The molecule has 0 aliphatic rings. The molecule has 3 atom stereocenters. The van der Waals surface area contributed by atoms with E-state index >= 15 is 0 Å². The highest BCUT2D eigenvalue weighted by Gasteiger charge is 2.35. The van der Waals surface area contributed by atoms with Crippen molar-refractivity contribution in [3.8, 4) is 0 Å². The summed E-state index contributed by atoms with van der Waals surface area (Å²) in [6.45, 7) is 13.1. The molecule has 3 unspecified atom stereocenters. The van der Waals surface area contributed by atoms with Gasteiger partial charge < -0.3 is 0 Å². The predicted molar refractivity (Wildman–Crippen MR) is 153 cm³/mol. The van der Waals surface area contributed by atoms with Crippen molar-refractivity contribution in [3.63, 3.8) is 0 Å². The van der Waals surface area contributed by atoms with Crippen molar-refractivity contribution in [1.82, 2.24) is 0 Å². The third-order valence-electron chi connectivity index (χ3n) is 7.09. The van der Waals surface area contributed by atoms with Gasteiger partial charge in [-0.2, -0.15) is 0 Å². The zero-order valence-electron chi connectivity index (χ0n) is 24.7. The lowest BCUT2D eigenvalue weighted by atomic mass is 10.1. The Morgan fingerprint density at radius 1 is 0.429 bits per heavy atom. The number of phosphoric ester groups is 1. The van der Waals surface area contributed by atoms with Crippen molar-refractivity contribution in [3.05, 3.63) is 0 Å². The first kappa shape index (κ1) is 35.1. The fourth-order valence-electron chi connectivity index (χ4n) is 4.54. The van der Waals surface area contributed by atoms with Gasteiger partial charge in [0.2, 0.25) is 0 Å². The molecule has 0 aromatic carbocycles. The van der Waals surface area contributed by atoms with E-state index < -0.39 is 7.82 Å². The van der Waals surface area contributed by atoms with Gasteiger partial charge in [0.1, 0.15) is 0 Å². The number of rotatable bonds is 27. The van der Waals surface area contributed by atoms with Crippen LogP contribution in [0.25, 0.3) is 0 Å². The fourth-order valence-corrected chi connectivity index (χ4v) is 6.55. The van der Waals surface area contributed by atoms with Crippen LogP contribution in [-0.2, 0) is 18.1 Å². The van der Waals surface area contributed by atoms with Gasteiger partial charge in [0, 0.05) is 0 Å². The minimum Gasteiger partial charge on any atom is -0.284 e. The SMILES string of the molecule is CCCCCCCC(CC)OP(=O)(OC(CC)CCCCCCC)OC(CC)CCCCCCC. The van der Waals surface area contributed by atoms with Crippen LogP contribution in [0.2, 0.25) is 0 Å². The Kier molecular flexibility index (Phi) is 24.5. The van der Waals surface area contributed by atoms with Crippen molar-refractivity contribution < 1.29 is 18.1 Å². The predicted octanol–water partition coefficient (Wildman–Crippen LogP) is 11.6. The van der Waals surface area contributed by atoms with Gasteiger partial charge in [0.05, 0.1) is 18.3 Å². The fraction of sp³-hybridized carbons (Fsp3) is 1.00. The topological polar surface area (TPSA) is 44.8 Å². The maximum atomic E-state index is 14.1. The molecule has 0 radical (unpaired) electrons. The van der Waals surface area contributed by atoms with Gasteiger partial charge in [0.15, 0.2) is 0 Å². The molecule has 5 heteroatoms. The Balaban J connectivity index is 5.11. The molecule has 0 spiro atoms. The van der Waals surface area contributed by atoms with Crippen molar-refractivity contribution in [2.24, 2.45) is 0 Å². The third-order valence-corrected chi connectivity index (χ3v) is 8.76. The highest BCUT2D eigenvalue weighted by Crippen LogP contribution is 2.55. The van der Waals surface area contributed by atoms with Crippen LogP contribution in [0, 0.1) is 0 Å². The maximum Gasteiger partial charge on any atom is 0.475 e. The zero-order valence-corrected chi connectivity index (χ0v) is 25.6. The summed E-state index contributed by atoms with van der Waals surface area (Å²) in [5.74, 6) is 0. The number of hydrogen-bond donors (Lipinski definition) is 0. The van der Waals surface area contributed by atoms with Crippen LogP contribution in [0.3, 0.4) is 0 Å². The maximum absolute atomic E-state index is 14.1. The number of hydrogen-bond acceptors (Lipinski definition) is 4. The summed E-state index contributed by atoms with van der Waals surface area (Å²) in [6.07, 6.45) is 23.5. The van der Waals surface area contributed by atoms with E-state index in [0.717, 1.165) is 57.8 Å². The van der Waals surface area contributed by atoms with E-state index in [1.807, 2.05) is 0 Å². The molecule has 0 fully saturated rings. The zero-order chi connectivity index (χ0) is 26.2. The summed E-state index contributed by atoms with van der Waals surface area (Å²) in [6, 6.07) is 0. The van der Waals surface area contributed by atoms with E-state index in [4.69, 9.17) is 13.6 Å². The Hall–Kier alpha value is 0.110. The first-order valence-electron chi connectivity index (χ1n) is 15.6. The lowest BCUT2D eigenvalue weighted by Crippen LogP contribution is -2.21. The second kappa shape index (κ2) is 24.4. The van der Waals surface area contributed by atoms with E-state index in [0.29, 0.717) is 0 Å². The van der Waals surface area contributed by atoms with Gasteiger partial charge in [-0.05, 0) is 38.5 Å². The minimum absolute atomic E-state index is 0.0634. The summed E-state index contributed by atoms with van der Waals surface area (Å²) in [7, 11) is -3.62. The van der Waals surface area contributed by atoms with Crippen LogP contribution in [0.5, 0.6) is 0 Å². The Labute approximate surface area is 220 Å². The molecule has 0 saturated heterocycles. The Morgan fingerprint density at radius 3 is 0.914 bits per heavy atom. The van der Waals surface area contributed by atoms with E-state index in [1.165, 1.54) is 77.0 Å². The molecular formula is C30H63O4P. The van der Waals surface area contributed by atoms with Gasteiger partial charge in [0.25, 0.3) is 0 Å². The largest absolute Gasteiger partial charge is 0.475 e. The normalized spacial score (nSPS) is 16.2. The summed E-state index contributed by atoms with van der Waals surface area (Å²) in [4.78, 5) is 0. The molecule has 0 saturated carbocycles. The first-order valence-corrected chi connectivity index (χ1v) is 17.1. The highest BCUT2D eigenvalue weighted by atomic mass is 31.2. The average molecular weight is 519 g/mol. The molecule has 0 N–H and O–H groups in total. The summed E-state index contributed by atoms with van der Waals surface area (Å²) >= 11 is 0. The van der Waals surface area contributed by atoms with Gasteiger partial charge in [-0.1, -0.05) is 138 Å². The van der Waals surface area contributed by atoms with Crippen molar-refractivity contribution in [2.75, 3.05) is 0 Å². The molecular weight excluding hydrogens is 455 g/mol. The van der Waals surface area contributed by atoms with Crippen LogP contribution < -0.4 is 0 Å². The Morgan fingerprint density at radius 2 is 0.686 bits per heavy atom. The van der Waals surface area contributed by atoms with Gasteiger partial charge in [-0.15, -0.1) is 0 Å². The Bertz CT molecular complexity index is 418. The standard InChI is InChI=1S/C30H63O4P/c1-7-13-16-19-22-25-28(10-4)32-35(31,33-29(11-5)26-23-20-17-14-8-2)34-30(12-6)27-24-21-18-15-9-3/h28-30H,7-27H2,1-6H3. The quantitative estimate of drug-likeness (QED) is 0.0801. The highest BCUT2D eigenvalue weighted by molar-refractivity contribution is 7.48. The van der Waals surface area contributed by atoms with Gasteiger partial charge >= 0.3 is 7.82 Å². The summed E-state index contributed by atoms with van der Waals surface area (Å²) in [5, 5.41) is 0. The summed E-state index contributed by atoms with van der Waals surface area (Å²) in [5.41, 5.74) is 0. The monoisotopic (exact) mass is 518 g/mol. The number of phosphoric acid groups is 1. The minimum atomic E-state index is -3.62. The van der Waals surface area contributed by atoms with Crippen LogP contribution in [0.15, 0.2) is 0 Å². The van der Waals surface area contributed by atoms with E-state index in [-0.39, 0.29) is 18.3 Å². The lowest BCUT2D eigenvalue weighted by molar-refractivity contribution is 0.0204. The second-order valence-corrected chi connectivity index (χ2v) is 12.0. The van der Waals surface area contributed by atoms with Gasteiger partial charge in [-0.3, -0.25) is 13.6 Å². The van der Waals surface area contributed by atoms with Crippen LogP contribution in [0.1, 0.15) is 176 Å². The molecule has 0 heterocycles. The molecule has 0 aliphatic heterocycles. The van der Waals surface area contributed by atoms with Crippen molar-refractivity contribution >= 4 is 7.82 Å². The van der Waals surface area contributed by atoms with E-state index in [1.54, 1.807) is 0 Å². The van der Waals surface area contributed by atoms with Crippen molar-refractivity contribution in [1.29, 1.82) is 0 Å². The van der Waals surface area contributed by atoms with E-state index in [9.17, 15) is 4.57 Å². The molecule has 4 nitrogen and oxygen atoms in total. The molecule has 0 rings (SSSR count). The molecule has 35 heavy (non-hydrogen) atoms. The van der Waals surface area contributed by atoms with Crippen molar-refractivity contribution in [2.45, 2.75) is 195 Å². The molecule has 0 aromatic heterocycles. The average Bonchev–Trinajstić information content (AvgIpc) is 2.86. The van der Waals surface area contributed by atoms with Crippen LogP contribution in [0.4, 0.5) is 0 Å². The third kappa shape index (κ3) is 19.8. The molecule has 0 amide bonds. The summed E-state index contributed by atoms with van der Waals surface area (Å²) < 4.78 is 32.8. The molecule has 0 aliphatic carbocycles. The van der Waals surface area contributed by atoms with Crippen LogP contribution in [-0.4, -0.2) is 18.3 Å². The second-order valence-electron chi connectivity index (χ2n) is 10.5. The molecule has 0 aromatic rings. The van der Waals surface area contributed by atoms with Crippen LogP contribution >= 0.6 is 7.82 Å². The smallest absolute Gasteiger partial charge is 0.284 e. The first-order chi connectivity index (χ1) is 17.0. The van der Waals surface area contributed by atoms with Gasteiger partial charge in [-0.25, -0.2) is 4.57 Å². The lowest BCUT2D eigenvalue weighted by Gasteiger charge is -2.29. The molecule has 0 bridgehead atoms.